The molecular formula is C15H12N2O2S2. The maximum atomic E-state index is 12.5. The van der Waals surface area contributed by atoms with Gasteiger partial charge in [-0.05, 0) is 30.0 Å². The number of hydrogen-bond acceptors (Lipinski definition) is 5. The summed E-state index contributed by atoms with van der Waals surface area (Å²) in [6.45, 7) is 0.610. The Bertz CT molecular complexity index is 720. The van der Waals surface area contributed by atoms with E-state index in [1.165, 1.54) is 23.1 Å². The lowest BCUT2D eigenvalue weighted by Gasteiger charge is -2.15. The first-order chi connectivity index (χ1) is 10.2. The lowest BCUT2D eigenvalue weighted by molar-refractivity contribution is -0.116. The van der Waals surface area contributed by atoms with Crippen molar-refractivity contribution in [2.24, 2.45) is 0 Å². The number of thioether (sulfide) groups is 1. The summed E-state index contributed by atoms with van der Waals surface area (Å²) in [4.78, 5) is 14.9. The Morgan fingerprint density at radius 1 is 1.38 bits per heavy atom. The molecular weight excluding hydrogens is 304 g/mol. The first-order valence-corrected chi connectivity index (χ1v) is 8.20. The molecule has 21 heavy (non-hydrogen) atoms. The molecule has 0 saturated carbocycles. The lowest BCUT2D eigenvalue weighted by Crippen LogP contribution is -2.27. The molecule has 106 valence electrons. The Kier molecular flexibility index (Phi) is 3.86. The number of thiophene rings is 1. The first-order valence-electron chi connectivity index (χ1n) is 6.44. The summed E-state index contributed by atoms with van der Waals surface area (Å²) in [5, 5.41) is 21.2. The standard InChI is InChI=1S/C15H12N2O2S2/c16-9-10-6-8-20-15(10)17-7-5-13(14(17)19)21-12-4-2-1-3-11(12)18/h1-4,6,8,13,18H,5,7H2/t13-/m0/s1. The third-order valence-corrected chi connectivity index (χ3v) is 5.56. The maximum Gasteiger partial charge on any atom is 0.241 e. The van der Waals surface area contributed by atoms with Gasteiger partial charge in [-0.2, -0.15) is 5.26 Å². The number of amides is 1. The Balaban J connectivity index is 1.79. The van der Waals surface area contributed by atoms with Crippen LogP contribution in [0.5, 0.6) is 5.75 Å². The van der Waals surface area contributed by atoms with Crippen LogP contribution in [0.4, 0.5) is 5.00 Å². The number of phenolic OH excluding ortho intramolecular Hbond substituents is 1. The molecule has 2 aromatic rings. The summed E-state index contributed by atoms with van der Waals surface area (Å²) in [5.41, 5.74) is 0.543. The maximum absolute atomic E-state index is 12.5. The third kappa shape index (κ3) is 2.62. The number of para-hydroxylation sites is 1. The van der Waals surface area contributed by atoms with Crippen LogP contribution in [0.25, 0.3) is 0 Å². The predicted octanol–water partition coefficient (Wildman–Crippen LogP) is 3.22. The molecule has 1 aromatic carbocycles. The Labute approximate surface area is 130 Å². The highest BCUT2D eigenvalue weighted by Crippen LogP contribution is 2.38. The minimum Gasteiger partial charge on any atom is -0.507 e. The van der Waals surface area contributed by atoms with E-state index in [0.29, 0.717) is 23.4 Å². The van der Waals surface area contributed by atoms with E-state index in [9.17, 15) is 9.90 Å². The van der Waals surface area contributed by atoms with E-state index in [0.717, 1.165) is 5.00 Å². The number of carbonyl (C=O) groups excluding carboxylic acids is 1. The molecule has 4 nitrogen and oxygen atoms in total. The summed E-state index contributed by atoms with van der Waals surface area (Å²) < 4.78 is 0. The van der Waals surface area contributed by atoms with Crippen molar-refractivity contribution >= 4 is 34.0 Å². The van der Waals surface area contributed by atoms with E-state index >= 15 is 0 Å². The summed E-state index contributed by atoms with van der Waals surface area (Å²) in [6, 6.07) is 10.9. The SMILES string of the molecule is N#Cc1ccsc1N1CC[C@H](Sc2ccccc2O)C1=O. The van der Waals surface area contributed by atoms with Gasteiger partial charge in [-0.25, -0.2) is 0 Å². The molecule has 1 saturated heterocycles. The molecule has 0 radical (unpaired) electrons. The van der Waals surface area contributed by atoms with Crippen LogP contribution in [-0.2, 0) is 4.79 Å². The van der Waals surface area contributed by atoms with Crippen molar-refractivity contribution in [3.63, 3.8) is 0 Å². The number of hydrogen-bond donors (Lipinski definition) is 1. The summed E-state index contributed by atoms with van der Waals surface area (Å²) in [6.07, 6.45) is 0.709. The van der Waals surface area contributed by atoms with Crippen LogP contribution < -0.4 is 4.90 Å². The van der Waals surface area contributed by atoms with Crippen LogP contribution in [0.3, 0.4) is 0 Å². The fourth-order valence-corrected chi connectivity index (χ4v) is 4.26. The number of phenols is 1. The van der Waals surface area contributed by atoms with Gasteiger partial charge in [-0.15, -0.1) is 23.1 Å². The van der Waals surface area contributed by atoms with Crippen molar-refractivity contribution in [2.45, 2.75) is 16.6 Å². The summed E-state index contributed by atoms with van der Waals surface area (Å²) >= 11 is 2.79. The fourth-order valence-electron chi connectivity index (χ4n) is 2.27. The smallest absolute Gasteiger partial charge is 0.241 e. The molecule has 3 rings (SSSR count). The quantitative estimate of drug-likeness (QED) is 0.944. The van der Waals surface area contributed by atoms with Crippen LogP contribution in [0.2, 0.25) is 0 Å². The van der Waals surface area contributed by atoms with Gasteiger partial charge < -0.3 is 10.0 Å². The Hall–Kier alpha value is -1.97. The third-order valence-electron chi connectivity index (χ3n) is 3.30. The van der Waals surface area contributed by atoms with Crippen LogP contribution in [0.1, 0.15) is 12.0 Å². The molecule has 0 aliphatic carbocycles. The second-order valence-electron chi connectivity index (χ2n) is 4.60. The topological polar surface area (TPSA) is 64.3 Å². The Morgan fingerprint density at radius 2 is 2.19 bits per heavy atom. The molecule has 6 heteroatoms. The van der Waals surface area contributed by atoms with Gasteiger partial charge in [-0.1, -0.05) is 12.1 Å². The van der Waals surface area contributed by atoms with Crippen molar-refractivity contribution < 1.29 is 9.90 Å². The molecule has 1 fully saturated rings. The van der Waals surface area contributed by atoms with Gasteiger partial charge in [0.05, 0.1) is 10.8 Å². The van der Waals surface area contributed by atoms with Crippen LogP contribution in [0.15, 0.2) is 40.6 Å². The van der Waals surface area contributed by atoms with Crippen molar-refractivity contribution in [3.8, 4) is 11.8 Å². The van der Waals surface area contributed by atoms with Crippen molar-refractivity contribution in [1.82, 2.24) is 0 Å². The number of rotatable bonds is 3. The molecule has 1 aromatic heterocycles. The zero-order chi connectivity index (χ0) is 14.8. The minimum atomic E-state index is -0.216. The molecule has 0 unspecified atom stereocenters. The molecule has 1 atom stereocenters. The number of aromatic hydroxyl groups is 1. The Morgan fingerprint density at radius 3 is 2.95 bits per heavy atom. The van der Waals surface area contributed by atoms with Crippen molar-refractivity contribution in [1.29, 1.82) is 5.26 Å². The van der Waals surface area contributed by atoms with E-state index in [1.807, 2.05) is 17.5 Å². The largest absolute Gasteiger partial charge is 0.507 e. The van der Waals surface area contributed by atoms with Gasteiger partial charge in [0.1, 0.15) is 16.8 Å². The van der Waals surface area contributed by atoms with E-state index in [-0.39, 0.29) is 16.9 Å². The monoisotopic (exact) mass is 316 g/mol. The summed E-state index contributed by atoms with van der Waals surface area (Å²) in [7, 11) is 0. The van der Waals surface area contributed by atoms with Gasteiger partial charge in [0.25, 0.3) is 0 Å². The first kappa shape index (κ1) is 14.0. The van der Waals surface area contributed by atoms with Gasteiger partial charge in [0.2, 0.25) is 5.91 Å². The van der Waals surface area contributed by atoms with Gasteiger partial charge in [0.15, 0.2) is 0 Å². The lowest BCUT2D eigenvalue weighted by atomic mass is 10.3. The van der Waals surface area contributed by atoms with Crippen LogP contribution >= 0.6 is 23.1 Å². The number of benzene rings is 1. The predicted molar refractivity (Wildman–Crippen MR) is 83.8 cm³/mol. The molecule has 1 aliphatic rings. The highest BCUT2D eigenvalue weighted by Gasteiger charge is 2.35. The number of nitriles is 1. The number of nitrogens with zero attached hydrogens (tertiary/aromatic N) is 2. The second kappa shape index (κ2) is 5.80. The van der Waals surface area contributed by atoms with E-state index in [1.54, 1.807) is 23.1 Å². The normalized spacial score (nSPS) is 18.0. The van der Waals surface area contributed by atoms with Crippen LogP contribution in [-0.4, -0.2) is 22.8 Å². The van der Waals surface area contributed by atoms with Crippen LogP contribution in [0, 0.1) is 11.3 Å². The summed E-state index contributed by atoms with van der Waals surface area (Å²) in [5.74, 6) is 0.199. The second-order valence-corrected chi connectivity index (χ2v) is 6.74. The zero-order valence-electron chi connectivity index (χ0n) is 11.0. The number of anilines is 1. The van der Waals surface area contributed by atoms with E-state index in [4.69, 9.17) is 5.26 Å². The molecule has 1 amide bonds. The molecule has 1 aliphatic heterocycles. The minimum absolute atomic E-state index is 0.00204. The highest BCUT2D eigenvalue weighted by molar-refractivity contribution is 8.00. The number of carbonyl (C=O) groups is 1. The van der Waals surface area contributed by atoms with E-state index in [2.05, 4.69) is 6.07 Å². The van der Waals surface area contributed by atoms with Gasteiger partial charge in [0, 0.05) is 11.4 Å². The average molecular weight is 316 g/mol. The molecule has 2 heterocycles. The van der Waals surface area contributed by atoms with Gasteiger partial charge >= 0.3 is 0 Å². The zero-order valence-corrected chi connectivity index (χ0v) is 12.7. The average Bonchev–Trinajstić information content (AvgIpc) is 3.08. The fraction of sp³-hybridized carbons (Fsp3) is 0.200. The van der Waals surface area contributed by atoms with Gasteiger partial charge in [-0.3, -0.25) is 4.79 Å². The molecule has 0 spiro atoms. The molecule has 1 N–H and O–H groups in total. The van der Waals surface area contributed by atoms with E-state index < -0.39 is 0 Å². The highest BCUT2D eigenvalue weighted by atomic mass is 32.2. The van der Waals surface area contributed by atoms with Crippen molar-refractivity contribution in [3.05, 3.63) is 41.3 Å². The molecule has 0 bridgehead atoms. The van der Waals surface area contributed by atoms with Crippen molar-refractivity contribution in [2.75, 3.05) is 11.4 Å².